The molecule has 0 bridgehead atoms. The van der Waals surface area contributed by atoms with Crippen LogP contribution >= 0.6 is 0 Å². The average Bonchev–Trinajstić information content (AvgIpc) is 3.22. The fourth-order valence-electron chi connectivity index (χ4n) is 6.90. The van der Waals surface area contributed by atoms with Gasteiger partial charge in [0.25, 0.3) is 0 Å². The topological polar surface area (TPSA) is 44.7 Å². The van der Waals surface area contributed by atoms with Gasteiger partial charge in [0.2, 0.25) is 5.91 Å². The van der Waals surface area contributed by atoms with Crippen LogP contribution in [0.1, 0.15) is 124 Å². The Kier molecular flexibility index (Phi) is 13.0. The number of rotatable bonds is 16. The van der Waals surface area contributed by atoms with Gasteiger partial charge in [0, 0.05) is 23.6 Å². The van der Waals surface area contributed by atoms with Crippen LogP contribution in [0.5, 0.6) is 0 Å². The van der Waals surface area contributed by atoms with Crippen LogP contribution in [-0.4, -0.2) is 18.2 Å². The lowest BCUT2D eigenvalue weighted by Crippen LogP contribution is -2.50. The molecule has 1 amide bonds. The van der Waals surface area contributed by atoms with E-state index < -0.39 is 11.2 Å². The lowest BCUT2D eigenvalue weighted by molar-refractivity contribution is -0.124. The van der Waals surface area contributed by atoms with Crippen molar-refractivity contribution in [1.82, 2.24) is 5.32 Å². The van der Waals surface area contributed by atoms with Gasteiger partial charge in [-0.05, 0) is 112 Å². The lowest BCUT2D eigenvalue weighted by Gasteiger charge is -2.42. The number of amides is 1. The second kappa shape index (κ2) is 16.2. The van der Waals surface area contributed by atoms with Crippen LogP contribution in [-0.2, 0) is 10.2 Å². The molecule has 1 aromatic rings. The number of fused-ring (bicyclic) bond motifs is 1. The molecule has 0 aromatic heterocycles. The van der Waals surface area contributed by atoms with Crippen molar-refractivity contribution in [3.63, 3.8) is 0 Å². The quantitative estimate of drug-likeness (QED) is 0.149. The predicted octanol–water partition coefficient (Wildman–Crippen LogP) is 11.0. The normalized spacial score (nSPS) is 20.3. The molecule has 1 heterocycles. The maximum absolute atomic E-state index is 14.6. The molecule has 45 heavy (non-hydrogen) atoms. The number of anilines is 1. The van der Waals surface area contributed by atoms with Crippen LogP contribution in [0.2, 0.25) is 0 Å². The fourth-order valence-corrected chi connectivity index (χ4v) is 6.90. The van der Waals surface area contributed by atoms with Gasteiger partial charge in [-0.1, -0.05) is 84.2 Å². The first-order valence-corrected chi connectivity index (χ1v) is 17.0. The van der Waals surface area contributed by atoms with E-state index in [1.54, 1.807) is 6.08 Å². The summed E-state index contributed by atoms with van der Waals surface area (Å²) in [6.45, 7) is 24.5. The van der Waals surface area contributed by atoms with Crippen LogP contribution in [0.3, 0.4) is 0 Å². The number of nitrogens with one attached hydrogen (secondary N) is 1. The molecule has 4 nitrogen and oxygen atoms in total. The highest BCUT2D eigenvalue weighted by Gasteiger charge is 2.53. The predicted molar refractivity (Wildman–Crippen MR) is 192 cm³/mol. The van der Waals surface area contributed by atoms with E-state index in [0.717, 1.165) is 84.3 Å². The standard InChI is InChI=1S/C40H56FN3O/c1-11-16-31-24-33(25-31)44-38-26-32(17-18-34(38)40(19-12-2,20-13-3)39(44)45)28(8)23-36(42-21-14-4)29(9)30(10)43-37(22-27(6)7)35(41)15-5/h15,17-18,21-23,26,31,33,43H,5,8,11-14,16,19-20,24-25H2,1-4,6-7,9-10H3/b30-29+,36-23+,37-35-,42-21?. The summed E-state index contributed by atoms with van der Waals surface area (Å²) in [4.78, 5) is 21.3. The molecule has 2 aliphatic rings. The van der Waals surface area contributed by atoms with Gasteiger partial charge in [-0.25, -0.2) is 4.39 Å². The number of aliphatic imine (C=N–C) groups is 1. The monoisotopic (exact) mass is 613 g/mol. The summed E-state index contributed by atoms with van der Waals surface area (Å²) in [5, 5.41) is 3.23. The smallest absolute Gasteiger partial charge is 0.237 e. The Hall–Kier alpha value is -3.47. The number of allylic oxidation sites excluding steroid dienone is 8. The van der Waals surface area contributed by atoms with Crippen LogP contribution in [0.4, 0.5) is 10.1 Å². The Balaban J connectivity index is 2.07. The highest BCUT2D eigenvalue weighted by molar-refractivity contribution is 6.09. The van der Waals surface area contributed by atoms with Crippen LogP contribution in [0, 0.1) is 5.92 Å². The zero-order valence-electron chi connectivity index (χ0n) is 29.2. The molecule has 1 aromatic carbocycles. The van der Waals surface area contributed by atoms with E-state index in [1.807, 2.05) is 46.9 Å². The Morgan fingerprint density at radius 3 is 2.29 bits per heavy atom. The van der Waals surface area contributed by atoms with Crippen LogP contribution in [0.15, 0.2) is 88.6 Å². The van der Waals surface area contributed by atoms with E-state index in [0.29, 0.717) is 17.5 Å². The summed E-state index contributed by atoms with van der Waals surface area (Å²) < 4.78 is 14.6. The van der Waals surface area contributed by atoms with Gasteiger partial charge in [-0.3, -0.25) is 9.79 Å². The van der Waals surface area contributed by atoms with Crippen molar-refractivity contribution < 1.29 is 9.18 Å². The summed E-state index contributed by atoms with van der Waals surface area (Å²) >= 11 is 0. The number of halogens is 1. The van der Waals surface area contributed by atoms with Gasteiger partial charge in [0.05, 0.1) is 16.8 Å². The molecule has 5 heteroatoms. The molecule has 0 unspecified atom stereocenters. The third-order valence-electron chi connectivity index (χ3n) is 9.26. The minimum Gasteiger partial charge on any atom is -0.356 e. The molecule has 0 saturated heterocycles. The number of carbonyl (C=O) groups excluding carboxylic acids is 1. The minimum atomic E-state index is -0.444. The summed E-state index contributed by atoms with van der Waals surface area (Å²) in [6, 6.07) is 6.77. The number of carbonyl (C=O) groups is 1. The van der Waals surface area contributed by atoms with Gasteiger partial charge in [-0.15, -0.1) is 0 Å². The van der Waals surface area contributed by atoms with Gasteiger partial charge < -0.3 is 10.2 Å². The summed E-state index contributed by atoms with van der Waals surface area (Å²) in [6.07, 6.45) is 15.9. The van der Waals surface area contributed by atoms with Gasteiger partial charge in [0.15, 0.2) is 0 Å². The molecule has 3 rings (SSSR count). The molecule has 1 saturated carbocycles. The summed E-state index contributed by atoms with van der Waals surface area (Å²) in [7, 11) is 0. The molecule has 1 aliphatic heterocycles. The van der Waals surface area contributed by atoms with Gasteiger partial charge >= 0.3 is 0 Å². The zero-order chi connectivity index (χ0) is 33.3. The van der Waals surface area contributed by atoms with E-state index in [4.69, 9.17) is 4.99 Å². The van der Waals surface area contributed by atoms with Crippen molar-refractivity contribution in [3.05, 3.63) is 94.8 Å². The first-order chi connectivity index (χ1) is 21.5. The molecule has 0 spiro atoms. The van der Waals surface area contributed by atoms with E-state index >= 15 is 0 Å². The number of benzene rings is 1. The second-order valence-electron chi connectivity index (χ2n) is 13.1. The van der Waals surface area contributed by atoms with Crippen molar-refractivity contribution in [2.45, 2.75) is 125 Å². The Morgan fingerprint density at radius 1 is 1.07 bits per heavy atom. The van der Waals surface area contributed by atoms with Gasteiger partial charge in [0.1, 0.15) is 5.83 Å². The Labute approximate surface area is 272 Å². The van der Waals surface area contributed by atoms with E-state index in [1.165, 1.54) is 24.5 Å². The maximum Gasteiger partial charge on any atom is 0.237 e. The van der Waals surface area contributed by atoms with E-state index in [2.05, 4.69) is 62.3 Å². The third-order valence-corrected chi connectivity index (χ3v) is 9.26. The summed E-state index contributed by atoms with van der Waals surface area (Å²) in [5.41, 5.74) is 7.36. The number of nitrogens with zero attached hydrogens (tertiary/aromatic N) is 2. The zero-order valence-corrected chi connectivity index (χ0v) is 29.2. The van der Waals surface area contributed by atoms with Crippen molar-refractivity contribution >= 4 is 23.4 Å². The molecule has 1 fully saturated rings. The largest absolute Gasteiger partial charge is 0.356 e. The molecular formula is C40H56FN3O. The minimum absolute atomic E-state index is 0.269. The van der Waals surface area contributed by atoms with E-state index in [9.17, 15) is 9.18 Å². The highest BCUT2D eigenvalue weighted by Crippen LogP contribution is 2.52. The molecule has 1 N–H and O–H groups in total. The van der Waals surface area contributed by atoms with E-state index in [-0.39, 0.29) is 6.04 Å². The summed E-state index contributed by atoms with van der Waals surface area (Å²) in [5.74, 6) is 0.588. The maximum atomic E-state index is 14.6. The first kappa shape index (κ1) is 36.0. The SMILES string of the molecule is C=C/C(F)=C(\C=C(C)C)N/C(C)=C(C)/C(=C\C(=C)c1ccc2c(c1)N(C1CC(CCC)C1)C(=O)C2(CCC)CCC)N=CCC. The molecule has 0 atom stereocenters. The number of hydrogen-bond donors (Lipinski definition) is 1. The van der Waals surface area contributed by atoms with Crippen LogP contribution < -0.4 is 10.2 Å². The first-order valence-electron chi connectivity index (χ1n) is 17.0. The third kappa shape index (κ3) is 8.04. The second-order valence-corrected chi connectivity index (χ2v) is 13.1. The average molecular weight is 614 g/mol. The van der Waals surface area contributed by atoms with Crippen LogP contribution in [0.25, 0.3) is 5.57 Å². The molecule has 1 aliphatic carbocycles. The lowest BCUT2D eigenvalue weighted by atomic mass is 9.73. The molecular weight excluding hydrogens is 557 g/mol. The van der Waals surface area contributed by atoms with Crippen molar-refractivity contribution in [1.29, 1.82) is 0 Å². The van der Waals surface area contributed by atoms with Gasteiger partial charge in [-0.2, -0.15) is 0 Å². The van der Waals surface area contributed by atoms with Crippen molar-refractivity contribution in [2.24, 2.45) is 10.9 Å². The highest BCUT2D eigenvalue weighted by atomic mass is 19.1. The molecule has 0 radical (unpaired) electrons. The Morgan fingerprint density at radius 2 is 1.73 bits per heavy atom. The van der Waals surface area contributed by atoms with Crippen molar-refractivity contribution in [3.8, 4) is 0 Å². The van der Waals surface area contributed by atoms with Crippen molar-refractivity contribution in [2.75, 3.05) is 4.90 Å². The fraction of sp³-hybridized carbons (Fsp3) is 0.500. The Bertz CT molecular complexity index is 1410. The molecule has 244 valence electrons. The number of hydrogen-bond acceptors (Lipinski definition) is 3.